The molecule has 0 aliphatic carbocycles. The summed E-state index contributed by atoms with van der Waals surface area (Å²) in [5.41, 5.74) is 3.53. The summed E-state index contributed by atoms with van der Waals surface area (Å²) in [6, 6.07) is 17.5. The van der Waals surface area contributed by atoms with E-state index in [-0.39, 0.29) is 18.0 Å². The molecule has 0 saturated heterocycles. The molecule has 142 valence electrons. The van der Waals surface area contributed by atoms with Gasteiger partial charge in [0.1, 0.15) is 6.07 Å². The largest absolute Gasteiger partial charge is 0.324 e. The number of carbonyl (C=O) groups is 1. The van der Waals surface area contributed by atoms with Crippen LogP contribution in [0.25, 0.3) is 0 Å². The molecule has 0 heterocycles. The normalized spacial score (nSPS) is 13.0. The van der Waals surface area contributed by atoms with Gasteiger partial charge in [0.25, 0.3) is 0 Å². The van der Waals surface area contributed by atoms with Crippen LogP contribution in [-0.4, -0.2) is 11.9 Å². The lowest BCUT2D eigenvalue weighted by Gasteiger charge is -2.27. The number of carbonyl (C=O) groups excluding carboxylic acids is 1. The first-order valence-electron chi connectivity index (χ1n) is 9.61. The van der Waals surface area contributed by atoms with Gasteiger partial charge in [-0.3, -0.25) is 10.1 Å². The van der Waals surface area contributed by atoms with E-state index in [1.54, 1.807) is 18.2 Å². The van der Waals surface area contributed by atoms with Gasteiger partial charge in [0.15, 0.2) is 0 Å². The highest BCUT2D eigenvalue weighted by atomic mass is 16.2. The van der Waals surface area contributed by atoms with Gasteiger partial charge in [0.05, 0.1) is 17.3 Å². The van der Waals surface area contributed by atoms with Gasteiger partial charge in [-0.05, 0) is 42.5 Å². The minimum Gasteiger partial charge on any atom is -0.324 e. The lowest BCUT2D eigenvalue weighted by atomic mass is 9.94. The number of para-hydroxylation sites is 1. The van der Waals surface area contributed by atoms with Crippen LogP contribution in [0.3, 0.4) is 0 Å². The van der Waals surface area contributed by atoms with Gasteiger partial charge in [0, 0.05) is 6.04 Å². The van der Waals surface area contributed by atoms with Crippen molar-refractivity contribution in [1.29, 1.82) is 5.26 Å². The van der Waals surface area contributed by atoms with E-state index in [1.165, 1.54) is 11.1 Å². The van der Waals surface area contributed by atoms with Crippen molar-refractivity contribution in [2.45, 2.75) is 52.6 Å². The van der Waals surface area contributed by atoms with E-state index < -0.39 is 0 Å². The summed E-state index contributed by atoms with van der Waals surface area (Å²) in [5.74, 6) is 0.189. The Bertz CT molecular complexity index is 790. The number of hydrogen-bond acceptors (Lipinski definition) is 3. The molecule has 27 heavy (non-hydrogen) atoms. The Kier molecular flexibility index (Phi) is 7.57. The Hall–Kier alpha value is -2.64. The topological polar surface area (TPSA) is 64.9 Å². The predicted octanol–water partition coefficient (Wildman–Crippen LogP) is 4.82. The van der Waals surface area contributed by atoms with E-state index in [4.69, 9.17) is 0 Å². The number of hydrogen-bond donors (Lipinski definition) is 2. The Balaban J connectivity index is 2.08. The summed E-state index contributed by atoms with van der Waals surface area (Å²) < 4.78 is 0. The Morgan fingerprint density at radius 3 is 2.33 bits per heavy atom. The Labute approximate surface area is 162 Å². The molecule has 0 aliphatic rings. The quantitative estimate of drug-likeness (QED) is 0.706. The Morgan fingerprint density at radius 1 is 1.07 bits per heavy atom. The molecule has 4 nitrogen and oxygen atoms in total. The lowest BCUT2D eigenvalue weighted by Crippen LogP contribution is -2.41. The molecule has 0 aromatic heterocycles. The van der Waals surface area contributed by atoms with Gasteiger partial charge in [0.2, 0.25) is 5.91 Å². The zero-order valence-electron chi connectivity index (χ0n) is 16.6. The third-order valence-corrected chi connectivity index (χ3v) is 4.67. The maximum Gasteiger partial charge on any atom is 0.241 e. The lowest BCUT2D eigenvalue weighted by molar-refractivity contribution is -0.118. The second-order valence-corrected chi connectivity index (χ2v) is 7.25. The summed E-state index contributed by atoms with van der Waals surface area (Å²) in [6.45, 7) is 8.32. The third-order valence-electron chi connectivity index (χ3n) is 4.67. The van der Waals surface area contributed by atoms with Crippen LogP contribution in [0.1, 0.15) is 56.8 Å². The first-order chi connectivity index (χ1) is 13.0. The fraction of sp³-hybridized carbons (Fsp3) is 0.391. The molecular formula is C23H29N3O. The molecule has 2 rings (SSSR count). The van der Waals surface area contributed by atoms with Crippen molar-refractivity contribution in [3.63, 3.8) is 0 Å². The second-order valence-electron chi connectivity index (χ2n) is 7.25. The molecule has 0 saturated carbocycles. The molecule has 0 bridgehead atoms. The zero-order chi connectivity index (χ0) is 19.8. The molecule has 2 N–H and O–H groups in total. The number of amides is 1. The number of nitrogens with one attached hydrogen (secondary N) is 2. The average molecular weight is 364 g/mol. The smallest absolute Gasteiger partial charge is 0.241 e. The molecule has 4 heteroatoms. The minimum atomic E-state index is -0.389. The summed E-state index contributed by atoms with van der Waals surface area (Å²) in [7, 11) is 0. The maximum atomic E-state index is 12.6. The fourth-order valence-corrected chi connectivity index (χ4v) is 3.13. The monoisotopic (exact) mass is 363 g/mol. The summed E-state index contributed by atoms with van der Waals surface area (Å²) in [4.78, 5) is 12.6. The van der Waals surface area contributed by atoms with Crippen molar-refractivity contribution in [1.82, 2.24) is 5.32 Å². The van der Waals surface area contributed by atoms with E-state index in [2.05, 4.69) is 61.7 Å². The number of rotatable bonds is 8. The molecule has 0 spiro atoms. The molecule has 0 radical (unpaired) electrons. The van der Waals surface area contributed by atoms with E-state index in [9.17, 15) is 10.1 Å². The highest BCUT2D eigenvalue weighted by molar-refractivity contribution is 5.95. The molecule has 1 amide bonds. The maximum absolute atomic E-state index is 12.6. The van der Waals surface area contributed by atoms with Crippen LogP contribution in [0.4, 0.5) is 5.69 Å². The number of anilines is 1. The first kappa shape index (κ1) is 20.7. The highest BCUT2D eigenvalue weighted by Gasteiger charge is 2.22. The number of nitriles is 1. The van der Waals surface area contributed by atoms with Crippen LogP contribution in [0.5, 0.6) is 0 Å². The average Bonchev–Trinajstić information content (AvgIpc) is 2.67. The molecule has 2 aromatic rings. The van der Waals surface area contributed by atoms with Crippen LogP contribution < -0.4 is 10.6 Å². The van der Waals surface area contributed by atoms with Crippen LogP contribution in [0, 0.1) is 17.2 Å². The molecule has 2 aromatic carbocycles. The molecule has 0 aliphatic heterocycles. The molecule has 2 atom stereocenters. The summed E-state index contributed by atoms with van der Waals surface area (Å²) >= 11 is 0. The van der Waals surface area contributed by atoms with Crippen molar-refractivity contribution >= 4 is 11.6 Å². The second kappa shape index (κ2) is 9.89. The number of aryl methyl sites for hydroxylation is 1. The van der Waals surface area contributed by atoms with Crippen LogP contribution in [0.2, 0.25) is 0 Å². The zero-order valence-corrected chi connectivity index (χ0v) is 16.6. The third kappa shape index (κ3) is 5.67. The van der Waals surface area contributed by atoms with Crippen LogP contribution in [-0.2, 0) is 11.2 Å². The van der Waals surface area contributed by atoms with Crippen molar-refractivity contribution < 1.29 is 4.79 Å². The van der Waals surface area contributed by atoms with Gasteiger partial charge in [-0.2, -0.15) is 5.26 Å². The first-order valence-corrected chi connectivity index (χ1v) is 9.61. The predicted molar refractivity (Wildman–Crippen MR) is 110 cm³/mol. The summed E-state index contributed by atoms with van der Waals surface area (Å²) in [6.07, 6.45) is 2.21. The van der Waals surface area contributed by atoms with Gasteiger partial charge in [-0.1, -0.05) is 63.6 Å². The van der Waals surface area contributed by atoms with Crippen LogP contribution >= 0.6 is 0 Å². The standard InChI is InChI=1S/C23H29N3O/c1-5-8-18-11-13-19(14-12-18)22(16(2)3)25-17(4)23(27)26-21-10-7-6-9-20(21)15-24/h6-7,9-14,16-17,22,25H,5,8H2,1-4H3,(H,26,27)/t17-,22+/m1/s1. The van der Waals surface area contributed by atoms with Gasteiger partial charge in [-0.25, -0.2) is 0 Å². The van der Waals surface area contributed by atoms with Crippen molar-refractivity contribution in [2.24, 2.45) is 5.92 Å². The molecule has 0 unspecified atom stereocenters. The Morgan fingerprint density at radius 2 is 1.74 bits per heavy atom. The van der Waals surface area contributed by atoms with Crippen LogP contribution in [0.15, 0.2) is 48.5 Å². The van der Waals surface area contributed by atoms with Crippen molar-refractivity contribution in [2.75, 3.05) is 5.32 Å². The van der Waals surface area contributed by atoms with Crippen molar-refractivity contribution in [3.8, 4) is 6.07 Å². The summed E-state index contributed by atoms with van der Waals surface area (Å²) in [5, 5.41) is 15.5. The molecule has 0 fully saturated rings. The van der Waals surface area contributed by atoms with E-state index >= 15 is 0 Å². The SMILES string of the molecule is CCCc1ccc([C@@H](N[C@H](C)C(=O)Nc2ccccc2C#N)C(C)C)cc1. The van der Waals surface area contributed by atoms with Gasteiger partial charge in [-0.15, -0.1) is 0 Å². The highest BCUT2D eigenvalue weighted by Crippen LogP contribution is 2.23. The van der Waals surface area contributed by atoms with Gasteiger partial charge >= 0.3 is 0 Å². The van der Waals surface area contributed by atoms with E-state index in [0.29, 0.717) is 17.2 Å². The minimum absolute atomic E-state index is 0.0765. The fourth-order valence-electron chi connectivity index (χ4n) is 3.13. The van der Waals surface area contributed by atoms with Gasteiger partial charge < -0.3 is 5.32 Å². The number of benzene rings is 2. The number of nitrogens with zero attached hydrogens (tertiary/aromatic N) is 1. The van der Waals surface area contributed by atoms with E-state index in [1.807, 2.05) is 13.0 Å². The van der Waals surface area contributed by atoms with Crippen molar-refractivity contribution in [3.05, 3.63) is 65.2 Å². The molecular weight excluding hydrogens is 334 g/mol. The van der Waals surface area contributed by atoms with E-state index in [0.717, 1.165) is 12.8 Å².